The second-order valence-corrected chi connectivity index (χ2v) is 7.64. The molecule has 1 aromatic carbocycles. The molecule has 3 rings (SSSR count). The Morgan fingerprint density at radius 2 is 1.55 bits per heavy atom. The molecule has 0 amide bonds. The summed E-state index contributed by atoms with van der Waals surface area (Å²) in [7, 11) is 2.73. The number of benzene rings is 1. The highest BCUT2D eigenvalue weighted by molar-refractivity contribution is 7.07. The van der Waals surface area contributed by atoms with Crippen molar-refractivity contribution < 1.29 is 19.1 Å². The first-order valence-corrected chi connectivity index (χ1v) is 10.4. The Kier molecular flexibility index (Phi) is 6.54. The van der Waals surface area contributed by atoms with E-state index in [9.17, 15) is 9.59 Å². The molecule has 0 radical (unpaired) electrons. The minimum Gasteiger partial charge on any atom is -0.466 e. The first-order chi connectivity index (χ1) is 14.0. The molecule has 2 heterocycles. The zero-order valence-electron chi connectivity index (χ0n) is 17.1. The first-order valence-electron chi connectivity index (χ1n) is 9.41. The normalized spacial score (nSPS) is 15.0. The number of esters is 2. The van der Waals surface area contributed by atoms with Crippen molar-refractivity contribution in [3.05, 3.63) is 80.8 Å². The fourth-order valence-electron chi connectivity index (χ4n) is 3.85. The molecule has 0 fully saturated rings. The number of ether oxygens (including phenoxy) is 2. The Morgan fingerprint density at radius 3 is 2.03 bits per heavy atom. The Bertz CT molecular complexity index is 905. The van der Waals surface area contributed by atoms with Crippen molar-refractivity contribution in [1.82, 2.24) is 4.90 Å². The molecule has 0 aliphatic carbocycles. The maximum absolute atomic E-state index is 12.8. The quantitative estimate of drug-likeness (QED) is 0.664. The lowest BCUT2D eigenvalue weighted by Gasteiger charge is -2.37. The summed E-state index contributed by atoms with van der Waals surface area (Å²) in [5, 5.41) is 4.15. The molecular formula is C23H25NO4S. The lowest BCUT2D eigenvalue weighted by molar-refractivity contribution is -0.137. The number of methoxy groups -OCH3 is 2. The Labute approximate surface area is 175 Å². The number of carbonyl (C=O) groups excluding carboxylic acids is 2. The van der Waals surface area contributed by atoms with Crippen LogP contribution in [0.3, 0.4) is 0 Å². The Balaban J connectivity index is 2.13. The van der Waals surface area contributed by atoms with Crippen LogP contribution < -0.4 is 0 Å². The van der Waals surface area contributed by atoms with Gasteiger partial charge < -0.3 is 14.4 Å². The van der Waals surface area contributed by atoms with Gasteiger partial charge in [0.05, 0.1) is 31.3 Å². The van der Waals surface area contributed by atoms with E-state index in [2.05, 4.69) is 11.4 Å². The Morgan fingerprint density at radius 1 is 0.966 bits per heavy atom. The summed E-state index contributed by atoms with van der Waals surface area (Å²) in [5.41, 5.74) is 4.60. The lowest BCUT2D eigenvalue weighted by atomic mass is 9.79. The zero-order chi connectivity index (χ0) is 21.0. The number of nitrogens with zero attached hydrogens (tertiary/aromatic N) is 1. The number of allylic oxidation sites excluding steroid dienone is 2. The molecule has 2 aromatic rings. The molecule has 1 aliphatic heterocycles. The molecule has 0 atom stereocenters. The van der Waals surface area contributed by atoms with Gasteiger partial charge in [-0.15, -0.1) is 0 Å². The molecule has 1 aromatic heterocycles. The van der Waals surface area contributed by atoms with E-state index >= 15 is 0 Å². The molecule has 1 aliphatic rings. The van der Waals surface area contributed by atoms with E-state index in [1.54, 1.807) is 11.3 Å². The fourth-order valence-corrected chi connectivity index (χ4v) is 4.55. The number of hydrogen-bond donors (Lipinski definition) is 0. The molecule has 0 unspecified atom stereocenters. The summed E-state index contributed by atoms with van der Waals surface area (Å²) in [6.45, 7) is 4.47. The molecule has 0 saturated carbocycles. The maximum Gasteiger partial charge on any atom is 0.336 e. The highest BCUT2D eigenvalue weighted by Gasteiger charge is 2.40. The van der Waals surface area contributed by atoms with Crippen LogP contribution in [0.4, 0.5) is 0 Å². The average molecular weight is 412 g/mol. The van der Waals surface area contributed by atoms with Gasteiger partial charge in [0.1, 0.15) is 0 Å². The van der Waals surface area contributed by atoms with Crippen LogP contribution in [0.15, 0.2) is 69.7 Å². The van der Waals surface area contributed by atoms with Gasteiger partial charge in [-0.3, -0.25) is 0 Å². The van der Waals surface area contributed by atoms with Crippen molar-refractivity contribution in [2.75, 3.05) is 20.8 Å². The molecular weight excluding hydrogens is 386 g/mol. The SMILES string of the molecule is COC(=O)C1=C(C)N(CCc2ccsc2)C(C)=C(C(=O)OC)C1c1ccccc1. The third-order valence-corrected chi connectivity index (χ3v) is 6.05. The van der Waals surface area contributed by atoms with Crippen molar-refractivity contribution in [3.8, 4) is 0 Å². The van der Waals surface area contributed by atoms with Gasteiger partial charge in [-0.1, -0.05) is 30.3 Å². The minimum absolute atomic E-state index is 0.439. The van der Waals surface area contributed by atoms with E-state index in [0.717, 1.165) is 23.4 Å². The fraction of sp³-hybridized carbons (Fsp3) is 0.304. The lowest BCUT2D eigenvalue weighted by Crippen LogP contribution is -2.36. The van der Waals surface area contributed by atoms with Crippen molar-refractivity contribution >= 4 is 23.3 Å². The second-order valence-electron chi connectivity index (χ2n) is 6.86. The van der Waals surface area contributed by atoms with Crippen LogP contribution >= 0.6 is 11.3 Å². The van der Waals surface area contributed by atoms with E-state index in [1.165, 1.54) is 19.8 Å². The number of rotatable bonds is 6. The molecule has 5 nitrogen and oxygen atoms in total. The smallest absolute Gasteiger partial charge is 0.336 e. The van der Waals surface area contributed by atoms with Gasteiger partial charge in [0.25, 0.3) is 0 Å². The molecule has 0 bridgehead atoms. The summed E-state index contributed by atoms with van der Waals surface area (Å²) in [6.07, 6.45) is 0.803. The average Bonchev–Trinajstić information content (AvgIpc) is 3.26. The summed E-state index contributed by atoms with van der Waals surface area (Å²) in [4.78, 5) is 27.7. The van der Waals surface area contributed by atoms with Crippen LogP contribution in [0.1, 0.15) is 30.9 Å². The van der Waals surface area contributed by atoms with Gasteiger partial charge in [-0.2, -0.15) is 11.3 Å². The summed E-state index contributed by atoms with van der Waals surface area (Å²) in [6, 6.07) is 11.6. The van der Waals surface area contributed by atoms with E-state index < -0.39 is 17.9 Å². The van der Waals surface area contributed by atoms with Gasteiger partial charge in [0, 0.05) is 17.9 Å². The molecule has 0 N–H and O–H groups in total. The monoisotopic (exact) mass is 411 g/mol. The van der Waals surface area contributed by atoms with Crippen LogP contribution in [-0.2, 0) is 25.5 Å². The first kappa shape index (κ1) is 20.9. The number of thiophene rings is 1. The molecule has 0 spiro atoms. The molecule has 0 saturated heterocycles. The molecule has 29 heavy (non-hydrogen) atoms. The van der Waals surface area contributed by atoms with Crippen LogP contribution in [0.25, 0.3) is 0 Å². The van der Waals surface area contributed by atoms with Gasteiger partial charge >= 0.3 is 11.9 Å². The highest BCUT2D eigenvalue weighted by Crippen LogP contribution is 2.42. The Hall–Kier alpha value is -2.86. The van der Waals surface area contributed by atoms with Gasteiger partial charge in [0.2, 0.25) is 0 Å². The van der Waals surface area contributed by atoms with Gasteiger partial charge in [-0.05, 0) is 48.2 Å². The standard InChI is InChI=1S/C23H25NO4S/c1-15-19(22(25)27-3)21(18-8-6-5-7-9-18)20(23(26)28-4)16(2)24(15)12-10-17-11-13-29-14-17/h5-9,11,13-14,21H,10,12H2,1-4H3. The summed E-state index contributed by atoms with van der Waals surface area (Å²) >= 11 is 1.65. The maximum atomic E-state index is 12.8. The second kappa shape index (κ2) is 9.09. The van der Waals surface area contributed by atoms with Crippen LogP contribution in [0.2, 0.25) is 0 Å². The van der Waals surface area contributed by atoms with E-state index in [0.29, 0.717) is 17.7 Å². The van der Waals surface area contributed by atoms with Crippen molar-refractivity contribution in [2.45, 2.75) is 26.2 Å². The third kappa shape index (κ3) is 4.12. The zero-order valence-corrected chi connectivity index (χ0v) is 17.9. The third-order valence-electron chi connectivity index (χ3n) is 5.31. The van der Waals surface area contributed by atoms with E-state index in [4.69, 9.17) is 9.47 Å². The van der Waals surface area contributed by atoms with E-state index in [-0.39, 0.29) is 0 Å². The predicted molar refractivity (Wildman–Crippen MR) is 113 cm³/mol. The predicted octanol–water partition coefficient (Wildman–Crippen LogP) is 4.28. The van der Waals surface area contributed by atoms with Crippen molar-refractivity contribution in [1.29, 1.82) is 0 Å². The van der Waals surface area contributed by atoms with Crippen LogP contribution in [-0.4, -0.2) is 37.6 Å². The number of carbonyl (C=O) groups is 2. The molecule has 152 valence electrons. The topological polar surface area (TPSA) is 55.8 Å². The van der Waals surface area contributed by atoms with Crippen LogP contribution in [0.5, 0.6) is 0 Å². The molecule has 6 heteroatoms. The minimum atomic E-state index is -0.534. The highest BCUT2D eigenvalue weighted by atomic mass is 32.1. The summed E-state index contributed by atoms with van der Waals surface area (Å²) < 4.78 is 10.2. The van der Waals surface area contributed by atoms with Crippen molar-refractivity contribution in [3.63, 3.8) is 0 Å². The summed E-state index contributed by atoms with van der Waals surface area (Å²) in [5.74, 6) is -1.41. The van der Waals surface area contributed by atoms with E-state index in [1.807, 2.05) is 54.5 Å². The number of hydrogen-bond acceptors (Lipinski definition) is 6. The van der Waals surface area contributed by atoms with Crippen molar-refractivity contribution in [2.24, 2.45) is 0 Å². The van der Waals surface area contributed by atoms with Gasteiger partial charge in [-0.25, -0.2) is 9.59 Å². The van der Waals surface area contributed by atoms with Gasteiger partial charge in [0.15, 0.2) is 0 Å². The van der Waals surface area contributed by atoms with Crippen LogP contribution in [0, 0.1) is 0 Å². The largest absolute Gasteiger partial charge is 0.466 e.